The van der Waals surface area contributed by atoms with Crippen molar-refractivity contribution in [2.24, 2.45) is 0 Å². The molecule has 19 heavy (non-hydrogen) atoms. The molecule has 0 saturated carbocycles. The highest BCUT2D eigenvalue weighted by atomic mass is 16.5. The number of carboxylic acid groups (broad SMARTS) is 1. The molecule has 1 atom stereocenters. The van der Waals surface area contributed by atoms with Crippen LogP contribution in [0.15, 0.2) is 24.3 Å². The van der Waals surface area contributed by atoms with E-state index in [2.05, 4.69) is 5.32 Å². The maximum absolute atomic E-state index is 11.6. The second-order valence-corrected chi connectivity index (χ2v) is 4.22. The number of ether oxygens (including phenoxy) is 1. The topological polar surface area (TPSA) is 75.6 Å². The highest BCUT2D eigenvalue weighted by Crippen LogP contribution is 2.13. The molecule has 5 nitrogen and oxygen atoms in total. The molecule has 2 N–H and O–H groups in total. The van der Waals surface area contributed by atoms with E-state index in [9.17, 15) is 9.59 Å². The normalized spacial score (nSPS) is 11.7. The minimum absolute atomic E-state index is 0.253. The van der Waals surface area contributed by atoms with Gasteiger partial charge in [0.2, 0.25) is 5.91 Å². The molecular formula is C14H19NO4. The van der Waals surface area contributed by atoms with Crippen molar-refractivity contribution in [3.63, 3.8) is 0 Å². The van der Waals surface area contributed by atoms with Crippen LogP contribution in [0.3, 0.4) is 0 Å². The maximum atomic E-state index is 11.6. The van der Waals surface area contributed by atoms with Crippen molar-refractivity contribution in [2.45, 2.75) is 32.2 Å². The number of methoxy groups -OCH3 is 1. The van der Waals surface area contributed by atoms with Crippen LogP contribution < -0.4 is 10.1 Å². The van der Waals surface area contributed by atoms with E-state index < -0.39 is 12.0 Å². The number of rotatable bonds is 7. The average molecular weight is 265 g/mol. The first kappa shape index (κ1) is 15.0. The summed E-state index contributed by atoms with van der Waals surface area (Å²) in [5, 5.41) is 11.3. The van der Waals surface area contributed by atoms with E-state index in [1.165, 1.54) is 0 Å². The van der Waals surface area contributed by atoms with Crippen molar-refractivity contribution >= 4 is 11.9 Å². The lowest BCUT2D eigenvalue weighted by Gasteiger charge is -2.12. The zero-order valence-electron chi connectivity index (χ0n) is 11.2. The number of carboxylic acids is 1. The molecule has 0 unspecified atom stereocenters. The van der Waals surface area contributed by atoms with Gasteiger partial charge in [0.1, 0.15) is 11.8 Å². The molecular weight excluding hydrogens is 246 g/mol. The number of hydrogen-bond acceptors (Lipinski definition) is 3. The lowest BCUT2D eigenvalue weighted by molar-refractivity contribution is -0.141. The molecule has 104 valence electrons. The van der Waals surface area contributed by atoms with E-state index in [0.29, 0.717) is 12.8 Å². The lowest BCUT2D eigenvalue weighted by atomic mass is 10.1. The second kappa shape index (κ2) is 7.41. The van der Waals surface area contributed by atoms with Crippen molar-refractivity contribution in [1.29, 1.82) is 0 Å². The molecule has 1 aromatic rings. The van der Waals surface area contributed by atoms with Crippen molar-refractivity contribution < 1.29 is 19.4 Å². The smallest absolute Gasteiger partial charge is 0.326 e. The summed E-state index contributed by atoms with van der Waals surface area (Å²) in [5.74, 6) is -0.510. The van der Waals surface area contributed by atoms with Gasteiger partial charge < -0.3 is 15.2 Å². The highest BCUT2D eigenvalue weighted by molar-refractivity contribution is 5.83. The van der Waals surface area contributed by atoms with Crippen LogP contribution >= 0.6 is 0 Å². The van der Waals surface area contributed by atoms with Gasteiger partial charge in [0, 0.05) is 6.42 Å². The van der Waals surface area contributed by atoms with Gasteiger partial charge in [0.25, 0.3) is 0 Å². The van der Waals surface area contributed by atoms with Crippen LogP contribution in [0.1, 0.15) is 25.3 Å². The summed E-state index contributed by atoms with van der Waals surface area (Å²) >= 11 is 0. The minimum Gasteiger partial charge on any atom is -0.497 e. The standard InChI is InChI=1S/C14H19NO4/c1-3-12(14(17)18)15-13(16)8-7-10-5-4-6-11(9-10)19-2/h4-6,9,12H,3,7-8H2,1-2H3,(H,15,16)(H,17,18)/t12-/m0/s1. The largest absolute Gasteiger partial charge is 0.497 e. The van der Waals surface area contributed by atoms with E-state index in [1.807, 2.05) is 24.3 Å². The van der Waals surface area contributed by atoms with Crippen LogP contribution in [-0.4, -0.2) is 30.1 Å². The number of carbonyl (C=O) groups excluding carboxylic acids is 1. The number of amides is 1. The highest BCUT2D eigenvalue weighted by Gasteiger charge is 2.17. The zero-order chi connectivity index (χ0) is 14.3. The Morgan fingerprint density at radius 1 is 1.42 bits per heavy atom. The van der Waals surface area contributed by atoms with Crippen LogP contribution in [0, 0.1) is 0 Å². The molecule has 5 heteroatoms. The van der Waals surface area contributed by atoms with Gasteiger partial charge >= 0.3 is 5.97 Å². The average Bonchev–Trinajstić information content (AvgIpc) is 2.42. The van der Waals surface area contributed by atoms with E-state index in [1.54, 1.807) is 14.0 Å². The van der Waals surface area contributed by atoms with Crippen LogP contribution in [0.25, 0.3) is 0 Å². The SMILES string of the molecule is CC[C@H](NC(=O)CCc1cccc(OC)c1)C(=O)O. The quantitative estimate of drug-likeness (QED) is 0.785. The van der Waals surface area contributed by atoms with E-state index in [0.717, 1.165) is 11.3 Å². The Kier molecular flexibility index (Phi) is 5.85. The Labute approximate surface area is 112 Å². The molecule has 1 amide bonds. The van der Waals surface area contributed by atoms with Gasteiger partial charge in [-0.05, 0) is 30.5 Å². The van der Waals surface area contributed by atoms with Crippen molar-refractivity contribution in [2.75, 3.05) is 7.11 Å². The van der Waals surface area contributed by atoms with Crippen molar-refractivity contribution in [3.05, 3.63) is 29.8 Å². The molecule has 0 aliphatic carbocycles. The lowest BCUT2D eigenvalue weighted by Crippen LogP contribution is -2.40. The summed E-state index contributed by atoms with van der Waals surface area (Å²) in [7, 11) is 1.59. The van der Waals surface area contributed by atoms with Gasteiger partial charge in [0.15, 0.2) is 0 Å². The first-order chi connectivity index (χ1) is 9.06. The molecule has 0 saturated heterocycles. The maximum Gasteiger partial charge on any atom is 0.326 e. The number of aliphatic carboxylic acids is 1. The Morgan fingerprint density at radius 3 is 2.74 bits per heavy atom. The Morgan fingerprint density at radius 2 is 2.16 bits per heavy atom. The summed E-state index contributed by atoms with van der Waals surface area (Å²) in [6.07, 6.45) is 1.19. The van der Waals surface area contributed by atoms with Crippen LogP contribution in [0.5, 0.6) is 5.75 Å². The fourth-order valence-corrected chi connectivity index (χ4v) is 1.69. The van der Waals surface area contributed by atoms with Gasteiger partial charge in [-0.3, -0.25) is 4.79 Å². The van der Waals surface area contributed by atoms with Gasteiger partial charge in [-0.25, -0.2) is 4.79 Å². The van der Waals surface area contributed by atoms with E-state index >= 15 is 0 Å². The van der Waals surface area contributed by atoms with Gasteiger partial charge in [-0.2, -0.15) is 0 Å². The van der Waals surface area contributed by atoms with Crippen LogP contribution in [-0.2, 0) is 16.0 Å². The summed E-state index contributed by atoms with van der Waals surface area (Å²) in [6, 6.07) is 6.66. The number of nitrogens with one attached hydrogen (secondary N) is 1. The Balaban J connectivity index is 2.47. The second-order valence-electron chi connectivity index (χ2n) is 4.22. The molecule has 0 spiro atoms. The molecule has 0 aliphatic heterocycles. The summed E-state index contributed by atoms with van der Waals surface area (Å²) < 4.78 is 5.10. The number of carbonyl (C=O) groups is 2. The number of hydrogen-bond donors (Lipinski definition) is 2. The molecule has 0 bridgehead atoms. The van der Waals surface area contributed by atoms with Crippen molar-refractivity contribution in [1.82, 2.24) is 5.32 Å². The number of benzene rings is 1. The monoisotopic (exact) mass is 265 g/mol. The first-order valence-electron chi connectivity index (χ1n) is 6.22. The molecule has 0 fully saturated rings. The predicted molar refractivity (Wildman–Crippen MR) is 71.2 cm³/mol. The summed E-state index contributed by atoms with van der Waals surface area (Å²) in [5.41, 5.74) is 0.984. The number of aryl methyl sites for hydroxylation is 1. The third-order valence-corrected chi connectivity index (χ3v) is 2.82. The van der Waals surface area contributed by atoms with E-state index in [4.69, 9.17) is 9.84 Å². The van der Waals surface area contributed by atoms with Gasteiger partial charge in [0.05, 0.1) is 7.11 Å². The third-order valence-electron chi connectivity index (χ3n) is 2.82. The van der Waals surface area contributed by atoms with Gasteiger partial charge in [-0.15, -0.1) is 0 Å². The molecule has 0 heterocycles. The summed E-state index contributed by atoms with van der Waals surface area (Å²) in [6.45, 7) is 1.72. The Hall–Kier alpha value is -2.04. The fraction of sp³-hybridized carbons (Fsp3) is 0.429. The van der Waals surface area contributed by atoms with Crippen molar-refractivity contribution in [3.8, 4) is 5.75 Å². The van der Waals surface area contributed by atoms with Crippen LogP contribution in [0.2, 0.25) is 0 Å². The van der Waals surface area contributed by atoms with Gasteiger partial charge in [-0.1, -0.05) is 19.1 Å². The van der Waals surface area contributed by atoms with Crippen LogP contribution in [0.4, 0.5) is 0 Å². The Bertz CT molecular complexity index is 445. The molecule has 1 rings (SSSR count). The van der Waals surface area contributed by atoms with E-state index in [-0.39, 0.29) is 12.3 Å². The third kappa shape index (κ3) is 4.99. The first-order valence-corrected chi connectivity index (χ1v) is 6.22. The molecule has 1 aromatic carbocycles. The molecule has 0 radical (unpaired) electrons. The minimum atomic E-state index is -1.00. The molecule has 0 aliphatic rings. The predicted octanol–water partition coefficient (Wildman–Crippen LogP) is 1.61. The zero-order valence-corrected chi connectivity index (χ0v) is 11.2. The molecule has 0 aromatic heterocycles. The fourth-order valence-electron chi connectivity index (χ4n) is 1.69. The summed E-state index contributed by atoms with van der Waals surface area (Å²) in [4.78, 5) is 22.4.